The Morgan fingerprint density at radius 3 is 2.39 bits per heavy atom. The summed E-state index contributed by atoms with van der Waals surface area (Å²) in [5, 5.41) is 1.13. The Hall–Kier alpha value is -3.28. The van der Waals surface area contributed by atoms with E-state index in [9.17, 15) is 22.8 Å². The van der Waals surface area contributed by atoms with Gasteiger partial charge in [0.05, 0.1) is 27.8 Å². The van der Waals surface area contributed by atoms with Gasteiger partial charge in [0.2, 0.25) is 0 Å². The first-order valence-electron chi connectivity index (χ1n) is 12.8. The van der Waals surface area contributed by atoms with Crippen LogP contribution in [0.3, 0.4) is 0 Å². The normalized spacial score (nSPS) is 15.2. The van der Waals surface area contributed by atoms with Crippen molar-refractivity contribution in [2.75, 3.05) is 6.61 Å². The Bertz CT molecular complexity index is 1970. The molecule has 0 unspecified atom stereocenters. The molecule has 5 rings (SSSR count). The van der Waals surface area contributed by atoms with E-state index in [2.05, 4.69) is 4.99 Å². The summed E-state index contributed by atoms with van der Waals surface area (Å²) in [5.41, 5.74) is -1.86. The van der Waals surface area contributed by atoms with Crippen molar-refractivity contribution in [2.45, 2.75) is 25.7 Å². The second-order valence-corrected chi connectivity index (χ2v) is 12.0. The van der Waals surface area contributed by atoms with E-state index in [1.165, 1.54) is 49.4 Å². The van der Waals surface area contributed by atoms with E-state index >= 15 is 0 Å². The molecule has 44 heavy (non-hydrogen) atoms. The van der Waals surface area contributed by atoms with E-state index in [1.54, 1.807) is 24.3 Å². The van der Waals surface area contributed by atoms with Gasteiger partial charge in [-0.25, -0.2) is 9.79 Å². The third-order valence-corrected chi connectivity index (χ3v) is 8.54. The van der Waals surface area contributed by atoms with Gasteiger partial charge in [0.1, 0.15) is 12.4 Å². The molecule has 0 saturated carbocycles. The van der Waals surface area contributed by atoms with Crippen LogP contribution in [0.4, 0.5) is 13.2 Å². The van der Waals surface area contributed by atoms with Gasteiger partial charge in [0.15, 0.2) is 10.5 Å². The molecule has 2 heterocycles. The number of ether oxygens (including phenoxy) is 2. The highest BCUT2D eigenvalue weighted by atomic mass is 35.5. The average molecular weight is 702 g/mol. The molecule has 4 aromatic rings. The van der Waals surface area contributed by atoms with Crippen LogP contribution in [0.5, 0.6) is 5.75 Å². The molecule has 3 aromatic carbocycles. The van der Waals surface area contributed by atoms with Crippen LogP contribution in [0, 0.1) is 0 Å². The molecule has 1 aliphatic heterocycles. The summed E-state index contributed by atoms with van der Waals surface area (Å²) in [5.74, 6) is -1.09. The van der Waals surface area contributed by atoms with Crippen LogP contribution < -0.4 is 19.6 Å². The summed E-state index contributed by atoms with van der Waals surface area (Å²) in [6, 6.07) is 14.2. The van der Waals surface area contributed by atoms with Crippen LogP contribution in [0.25, 0.3) is 6.08 Å². The number of thiazole rings is 1. The summed E-state index contributed by atoms with van der Waals surface area (Å²) >= 11 is 25.7. The lowest BCUT2D eigenvalue weighted by Crippen LogP contribution is -2.41. The van der Waals surface area contributed by atoms with E-state index in [1.807, 2.05) is 0 Å². The van der Waals surface area contributed by atoms with Crippen molar-refractivity contribution >= 4 is 69.8 Å². The van der Waals surface area contributed by atoms with Crippen molar-refractivity contribution in [3.05, 3.63) is 128 Å². The fourth-order valence-electron chi connectivity index (χ4n) is 4.55. The lowest BCUT2D eigenvalue weighted by atomic mass is 9.95. The molecule has 0 aliphatic carbocycles. The number of esters is 1. The predicted octanol–water partition coefficient (Wildman–Crippen LogP) is 7.53. The summed E-state index contributed by atoms with van der Waals surface area (Å²) < 4.78 is 55.1. The lowest BCUT2D eigenvalue weighted by molar-refractivity contribution is -0.140. The summed E-state index contributed by atoms with van der Waals surface area (Å²) in [6.07, 6.45) is -3.65. The van der Waals surface area contributed by atoms with Gasteiger partial charge >= 0.3 is 12.1 Å². The fraction of sp³-hybridized carbons (Fsp3) is 0.167. The highest BCUT2D eigenvalue weighted by Gasteiger charge is 2.45. The zero-order valence-corrected chi connectivity index (χ0v) is 26.3. The van der Waals surface area contributed by atoms with Gasteiger partial charge in [-0.3, -0.25) is 9.36 Å². The van der Waals surface area contributed by atoms with E-state index in [4.69, 9.17) is 55.9 Å². The summed E-state index contributed by atoms with van der Waals surface area (Å²) in [4.78, 5) is 30.4. The molecule has 0 spiro atoms. The summed E-state index contributed by atoms with van der Waals surface area (Å²) in [7, 11) is 0. The standard InChI is InChI=1S/C30H19Cl4F3N2O4S/c1-2-42-28(41)23-24(15-7-9-18(31)10-8-15)39-27(40)22(44-29(39)38-26(23)30(35,36)37)12-17-11-19(32)13-21(34)25(17)43-14-16-5-3-4-6-20(16)33/h3-13,24H,2,14H2,1H3/b22-12-/t24-/m0/s1. The van der Waals surface area contributed by atoms with Gasteiger partial charge in [-0.15, -0.1) is 0 Å². The van der Waals surface area contributed by atoms with E-state index < -0.39 is 35.0 Å². The number of benzene rings is 3. The number of hydrogen-bond donors (Lipinski definition) is 0. The van der Waals surface area contributed by atoms with E-state index in [0.717, 1.165) is 4.57 Å². The average Bonchev–Trinajstić information content (AvgIpc) is 3.27. The van der Waals surface area contributed by atoms with E-state index in [0.29, 0.717) is 26.9 Å². The van der Waals surface area contributed by atoms with Gasteiger partial charge in [-0.1, -0.05) is 88.1 Å². The van der Waals surface area contributed by atoms with E-state index in [-0.39, 0.29) is 49.5 Å². The fourth-order valence-corrected chi connectivity index (χ4v) is 6.42. The Morgan fingerprint density at radius 2 is 1.73 bits per heavy atom. The number of allylic oxidation sites excluding steroid dienone is 1. The number of halogens is 7. The Balaban J connectivity index is 1.72. The molecule has 1 aliphatic rings. The van der Waals surface area contributed by atoms with Crippen LogP contribution >= 0.6 is 57.7 Å². The third kappa shape index (κ3) is 6.55. The van der Waals surface area contributed by atoms with Crippen LogP contribution in [0.15, 0.2) is 81.7 Å². The van der Waals surface area contributed by atoms with Gasteiger partial charge < -0.3 is 9.47 Å². The van der Waals surface area contributed by atoms with Crippen molar-refractivity contribution in [1.29, 1.82) is 0 Å². The monoisotopic (exact) mass is 700 g/mol. The number of carbonyl (C=O) groups excluding carboxylic acids is 1. The number of alkyl halides is 3. The van der Waals surface area contributed by atoms with Gasteiger partial charge in [0.25, 0.3) is 5.56 Å². The van der Waals surface area contributed by atoms with Crippen molar-refractivity contribution in [2.24, 2.45) is 4.99 Å². The number of nitrogens with zero attached hydrogens (tertiary/aromatic N) is 2. The number of rotatable bonds is 7. The largest absolute Gasteiger partial charge is 0.487 e. The first-order chi connectivity index (χ1) is 20.9. The molecule has 14 heteroatoms. The Labute approximate surface area is 272 Å². The topological polar surface area (TPSA) is 69.9 Å². The summed E-state index contributed by atoms with van der Waals surface area (Å²) in [6.45, 7) is 1.29. The number of aromatic nitrogens is 1. The minimum atomic E-state index is -5.04. The molecular formula is C30H19Cl4F3N2O4S. The van der Waals surface area contributed by atoms with Crippen molar-refractivity contribution in [1.82, 2.24) is 4.57 Å². The maximum Gasteiger partial charge on any atom is 0.434 e. The molecule has 1 atom stereocenters. The van der Waals surface area contributed by atoms with Gasteiger partial charge in [0, 0.05) is 26.2 Å². The van der Waals surface area contributed by atoms with Crippen molar-refractivity contribution in [3.8, 4) is 5.75 Å². The molecule has 1 aromatic heterocycles. The minimum absolute atomic E-state index is 0.0183. The highest BCUT2D eigenvalue weighted by Crippen LogP contribution is 2.39. The zero-order valence-electron chi connectivity index (χ0n) is 22.4. The molecule has 0 amide bonds. The molecule has 0 radical (unpaired) electrons. The number of hydrogen-bond acceptors (Lipinski definition) is 6. The van der Waals surface area contributed by atoms with Gasteiger partial charge in [-0.05, 0) is 48.9 Å². The van der Waals surface area contributed by atoms with Gasteiger partial charge in [-0.2, -0.15) is 13.2 Å². The predicted molar refractivity (Wildman–Crippen MR) is 164 cm³/mol. The highest BCUT2D eigenvalue weighted by molar-refractivity contribution is 7.07. The number of fused-ring (bicyclic) bond motifs is 1. The Kier molecular flexibility index (Phi) is 9.48. The first-order valence-corrected chi connectivity index (χ1v) is 15.1. The molecule has 0 saturated heterocycles. The van der Waals surface area contributed by atoms with Crippen LogP contribution in [-0.4, -0.2) is 23.3 Å². The SMILES string of the molecule is CCOC(=O)C1=C(C(F)(F)F)N=c2s/c(=C\c3cc(Cl)cc(Cl)c3OCc3ccccc3Cl)c(=O)n2[C@H]1c1ccc(Cl)cc1. The second kappa shape index (κ2) is 13.0. The number of carbonyl (C=O) groups is 1. The Morgan fingerprint density at radius 1 is 1.02 bits per heavy atom. The zero-order chi connectivity index (χ0) is 31.8. The lowest BCUT2D eigenvalue weighted by Gasteiger charge is -2.26. The van der Waals surface area contributed by atoms with Crippen LogP contribution in [0.1, 0.15) is 29.7 Å². The van der Waals surface area contributed by atoms with Crippen molar-refractivity contribution in [3.63, 3.8) is 0 Å². The molecule has 6 nitrogen and oxygen atoms in total. The third-order valence-electron chi connectivity index (χ3n) is 6.43. The first kappa shape index (κ1) is 32.1. The minimum Gasteiger partial charge on any atom is -0.487 e. The molecular weight excluding hydrogens is 683 g/mol. The second-order valence-electron chi connectivity index (χ2n) is 9.30. The molecule has 0 bridgehead atoms. The van der Waals surface area contributed by atoms with Crippen LogP contribution in [-0.2, 0) is 16.1 Å². The molecule has 228 valence electrons. The quantitative estimate of drug-likeness (QED) is 0.187. The molecule has 0 fully saturated rings. The van der Waals surface area contributed by atoms with Crippen LogP contribution in [0.2, 0.25) is 20.1 Å². The molecule has 0 N–H and O–H groups in total. The maximum atomic E-state index is 14.4. The smallest absolute Gasteiger partial charge is 0.434 e. The van der Waals surface area contributed by atoms with Crippen molar-refractivity contribution < 1.29 is 27.4 Å². The maximum absolute atomic E-state index is 14.4.